The van der Waals surface area contributed by atoms with Crippen LogP contribution in [0.25, 0.3) is 0 Å². The number of carbonyl (C=O) groups is 2. The second-order valence-corrected chi connectivity index (χ2v) is 9.09. The van der Waals surface area contributed by atoms with Crippen molar-refractivity contribution < 1.29 is 19.4 Å². The van der Waals surface area contributed by atoms with Crippen LogP contribution in [0.3, 0.4) is 0 Å². The van der Waals surface area contributed by atoms with Crippen LogP contribution in [0, 0.1) is 0 Å². The first kappa shape index (κ1) is 19.8. The van der Waals surface area contributed by atoms with Crippen LogP contribution >= 0.6 is 11.8 Å². The van der Waals surface area contributed by atoms with Crippen molar-refractivity contribution in [3.8, 4) is 0 Å². The van der Waals surface area contributed by atoms with Gasteiger partial charge in [-0.2, -0.15) is 0 Å². The number of thioether (sulfide) groups is 1. The Morgan fingerprint density at radius 3 is 2.66 bits per heavy atom. The van der Waals surface area contributed by atoms with Gasteiger partial charge in [-0.25, -0.2) is 4.79 Å². The van der Waals surface area contributed by atoms with E-state index in [-0.39, 0.29) is 39.7 Å². The van der Waals surface area contributed by atoms with Gasteiger partial charge in [0.05, 0.1) is 33.8 Å². The third kappa shape index (κ3) is 3.84. The molecule has 29 heavy (non-hydrogen) atoms. The molecule has 1 saturated heterocycles. The molecule has 0 bridgehead atoms. The van der Waals surface area contributed by atoms with E-state index < -0.39 is 5.97 Å². The third-order valence-electron chi connectivity index (χ3n) is 5.36. The number of ether oxygens (including phenoxy) is 1. The summed E-state index contributed by atoms with van der Waals surface area (Å²) in [7, 11) is 0. The first-order valence-corrected chi connectivity index (χ1v) is 10.5. The molecule has 1 aromatic heterocycles. The number of amides is 1. The van der Waals surface area contributed by atoms with E-state index in [2.05, 4.69) is 10.4 Å². The molecule has 8 nitrogen and oxygen atoms in total. The number of aromatic nitrogens is 2. The van der Waals surface area contributed by atoms with Gasteiger partial charge >= 0.3 is 5.97 Å². The largest absolute Gasteiger partial charge is 0.478 e. The molecule has 2 aromatic rings. The Balaban J connectivity index is 1.77. The monoisotopic (exact) mass is 417 g/mol. The molecular formula is C20H23N3O5S. The second kappa shape index (κ2) is 7.38. The third-order valence-corrected chi connectivity index (χ3v) is 6.63. The lowest BCUT2D eigenvalue weighted by Gasteiger charge is -2.36. The zero-order valence-corrected chi connectivity index (χ0v) is 17.0. The molecule has 2 aliphatic rings. The molecule has 3 N–H and O–H groups in total. The molecule has 0 aliphatic carbocycles. The predicted octanol–water partition coefficient (Wildman–Crippen LogP) is 2.78. The van der Waals surface area contributed by atoms with Gasteiger partial charge in [0.1, 0.15) is 5.82 Å². The summed E-state index contributed by atoms with van der Waals surface area (Å²) in [4.78, 5) is 36.5. The standard InChI is InChI=1S/C20H23N3O5S/c1-20(2)9-13(7-8-28-20)23-17-15(18(25)22-23)16(29-10-14(24)21-17)11-3-5-12(6-4-11)19(26)27/h3-6,13,16H,7-10H2,1-2H3,(H,21,24)(H,22,25)(H,26,27)/t13-,16-/m1/s1. The minimum atomic E-state index is -1.01. The van der Waals surface area contributed by atoms with Gasteiger partial charge in [-0.3, -0.25) is 19.4 Å². The Kier molecular flexibility index (Phi) is 5.04. The lowest BCUT2D eigenvalue weighted by atomic mass is 9.94. The number of aromatic amines is 1. The minimum absolute atomic E-state index is 0.00800. The molecule has 1 fully saturated rings. The zero-order valence-electron chi connectivity index (χ0n) is 16.2. The summed E-state index contributed by atoms with van der Waals surface area (Å²) in [5.41, 5.74) is 0.900. The van der Waals surface area contributed by atoms with Crippen molar-refractivity contribution >= 4 is 29.5 Å². The Bertz CT molecular complexity index is 1010. The molecule has 0 saturated carbocycles. The molecule has 4 rings (SSSR count). The maximum absolute atomic E-state index is 12.9. The van der Waals surface area contributed by atoms with Gasteiger partial charge in [0, 0.05) is 6.61 Å². The van der Waals surface area contributed by atoms with Crippen molar-refractivity contribution in [3.05, 3.63) is 51.3 Å². The van der Waals surface area contributed by atoms with E-state index in [1.807, 2.05) is 13.8 Å². The van der Waals surface area contributed by atoms with E-state index in [1.54, 1.807) is 16.8 Å². The van der Waals surface area contributed by atoms with E-state index in [0.29, 0.717) is 24.4 Å². The number of fused-ring (bicyclic) bond motifs is 1. The van der Waals surface area contributed by atoms with Crippen molar-refractivity contribution in [3.63, 3.8) is 0 Å². The summed E-state index contributed by atoms with van der Waals surface area (Å²) >= 11 is 1.36. The van der Waals surface area contributed by atoms with Crippen LogP contribution in [-0.2, 0) is 9.53 Å². The lowest BCUT2D eigenvalue weighted by Crippen LogP contribution is -2.36. The molecule has 2 aliphatic heterocycles. The zero-order chi connectivity index (χ0) is 20.8. The predicted molar refractivity (Wildman–Crippen MR) is 110 cm³/mol. The smallest absolute Gasteiger partial charge is 0.335 e. The summed E-state index contributed by atoms with van der Waals surface area (Å²) in [5.74, 6) is -0.465. The first-order chi connectivity index (χ1) is 13.7. The number of hydrogen-bond donors (Lipinski definition) is 3. The van der Waals surface area contributed by atoms with Crippen molar-refractivity contribution in [2.75, 3.05) is 17.7 Å². The molecule has 1 aromatic carbocycles. The number of hydrogen-bond acceptors (Lipinski definition) is 5. The topological polar surface area (TPSA) is 113 Å². The molecule has 3 heterocycles. The number of rotatable bonds is 3. The molecular weight excluding hydrogens is 394 g/mol. The molecule has 0 spiro atoms. The molecule has 0 radical (unpaired) electrons. The molecule has 9 heteroatoms. The number of aromatic carboxylic acids is 1. The van der Waals surface area contributed by atoms with E-state index >= 15 is 0 Å². The van der Waals surface area contributed by atoms with Gasteiger partial charge in [0.2, 0.25) is 5.91 Å². The Morgan fingerprint density at radius 1 is 1.28 bits per heavy atom. The lowest BCUT2D eigenvalue weighted by molar-refractivity contribution is -0.113. The number of H-pyrrole nitrogens is 1. The fraction of sp³-hybridized carbons (Fsp3) is 0.450. The van der Waals surface area contributed by atoms with Crippen LogP contribution in [0.15, 0.2) is 29.1 Å². The van der Waals surface area contributed by atoms with E-state index in [4.69, 9.17) is 9.84 Å². The quantitative estimate of drug-likeness (QED) is 0.708. The van der Waals surface area contributed by atoms with E-state index in [9.17, 15) is 14.4 Å². The number of carbonyl (C=O) groups excluding carboxylic acids is 1. The van der Waals surface area contributed by atoms with Crippen molar-refractivity contribution in [1.29, 1.82) is 0 Å². The van der Waals surface area contributed by atoms with Crippen LogP contribution in [0.2, 0.25) is 0 Å². The van der Waals surface area contributed by atoms with Crippen molar-refractivity contribution in [2.45, 2.75) is 43.6 Å². The highest BCUT2D eigenvalue weighted by Crippen LogP contribution is 2.42. The average molecular weight is 417 g/mol. The molecule has 154 valence electrons. The van der Waals surface area contributed by atoms with Crippen molar-refractivity contribution in [1.82, 2.24) is 9.78 Å². The van der Waals surface area contributed by atoms with Gasteiger partial charge in [0.15, 0.2) is 0 Å². The van der Waals surface area contributed by atoms with Gasteiger partial charge in [-0.05, 0) is 44.4 Å². The van der Waals surface area contributed by atoms with Gasteiger partial charge in [0.25, 0.3) is 5.56 Å². The highest BCUT2D eigenvalue weighted by atomic mass is 32.2. The summed E-state index contributed by atoms with van der Waals surface area (Å²) in [5, 5.41) is 14.6. The van der Waals surface area contributed by atoms with Crippen LogP contribution in [-0.4, -0.2) is 44.7 Å². The molecule has 2 atom stereocenters. The van der Waals surface area contributed by atoms with Crippen LogP contribution in [0.5, 0.6) is 0 Å². The highest BCUT2D eigenvalue weighted by molar-refractivity contribution is 8.00. The van der Waals surface area contributed by atoms with E-state index in [0.717, 1.165) is 12.0 Å². The Hall–Kier alpha value is -2.52. The van der Waals surface area contributed by atoms with Crippen molar-refractivity contribution in [2.24, 2.45) is 0 Å². The summed E-state index contributed by atoms with van der Waals surface area (Å²) in [6, 6.07) is 6.45. The average Bonchev–Trinajstić information content (AvgIpc) is 2.87. The number of anilines is 1. The second-order valence-electron chi connectivity index (χ2n) is 7.99. The molecule has 1 amide bonds. The van der Waals surface area contributed by atoms with Gasteiger partial charge in [-0.1, -0.05) is 12.1 Å². The normalized spacial score (nSPS) is 23.7. The maximum atomic E-state index is 12.9. The maximum Gasteiger partial charge on any atom is 0.335 e. The van der Waals surface area contributed by atoms with Gasteiger partial charge < -0.3 is 15.2 Å². The Morgan fingerprint density at radius 2 is 2.00 bits per heavy atom. The molecule has 0 unspecified atom stereocenters. The summed E-state index contributed by atoms with van der Waals surface area (Å²) < 4.78 is 7.57. The highest BCUT2D eigenvalue weighted by Gasteiger charge is 2.36. The van der Waals surface area contributed by atoms with Crippen LogP contribution in [0.1, 0.15) is 59.5 Å². The van der Waals surface area contributed by atoms with Gasteiger partial charge in [-0.15, -0.1) is 11.8 Å². The number of carboxylic acid groups (broad SMARTS) is 1. The fourth-order valence-corrected chi connectivity index (χ4v) is 5.13. The van der Waals surface area contributed by atoms with Crippen LogP contribution in [0.4, 0.5) is 5.82 Å². The number of benzene rings is 1. The SMILES string of the molecule is CC1(C)C[C@H](n2[nH]c(=O)c3c2NC(=O)CS[C@@H]3c2ccc(C(=O)O)cc2)CCO1. The number of carboxylic acids is 1. The number of nitrogens with one attached hydrogen (secondary N) is 2. The fourth-order valence-electron chi connectivity index (χ4n) is 4.00. The first-order valence-electron chi connectivity index (χ1n) is 9.48. The summed E-state index contributed by atoms with van der Waals surface area (Å²) in [6.07, 6.45) is 1.45. The van der Waals surface area contributed by atoms with E-state index in [1.165, 1.54) is 23.9 Å². The van der Waals surface area contributed by atoms with Crippen LogP contribution < -0.4 is 10.9 Å². The minimum Gasteiger partial charge on any atom is -0.478 e. The summed E-state index contributed by atoms with van der Waals surface area (Å²) in [6.45, 7) is 4.61. The Labute approximate surface area is 171 Å². The number of nitrogens with zero attached hydrogens (tertiary/aromatic N) is 1.